The van der Waals surface area contributed by atoms with E-state index in [1.807, 2.05) is 23.1 Å². The van der Waals surface area contributed by atoms with Crippen molar-refractivity contribution in [1.82, 2.24) is 15.5 Å². The number of rotatable bonds is 5. The van der Waals surface area contributed by atoms with Crippen LogP contribution in [0.2, 0.25) is 0 Å². The first-order chi connectivity index (χ1) is 13.1. The summed E-state index contributed by atoms with van der Waals surface area (Å²) in [4.78, 5) is 26.2. The zero-order chi connectivity index (χ0) is 19.3. The quantitative estimate of drug-likeness (QED) is 0.780. The highest BCUT2D eigenvalue weighted by molar-refractivity contribution is 5.77. The Kier molecular flexibility index (Phi) is 6.24. The molecule has 1 aromatic carbocycles. The predicted molar refractivity (Wildman–Crippen MR) is 105 cm³/mol. The second-order valence-electron chi connectivity index (χ2n) is 7.67. The second kappa shape index (κ2) is 8.63. The topological polar surface area (TPSA) is 70.7 Å². The molecule has 1 atom stereocenters. The summed E-state index contributed by atoms with van der Waals surface area (Å²) >= 11 is 0. The summed E-state index contributed by atoms with van der Waals surface area (Å²) < 4.78 is 6.44. The number of carbonyl (C=O) groups excluding carboxylic acids is 2. The summed E-state index contributed by atoms with van der Waals surface area (Å²) in [5, 5.41) is 5.74. The fourth-order valence-corrected chi connectivity index (χ4v) is 4.16. The van der Waals surface area contributed by atoms with E-state index < -0.39 is 0 Å². The fraction of sp³-hybridized carbons (Fsp3) is 0.619. The van der Waals surface area contributed by atoms with Crippen LogP contribution >= 0.6 is 0 Å². The monoisotopic (exact) mass is 373 g/mol. The van der Waals surface area contributed by atoms with Crippen LogP contribution < -0.4 is 15.4 Å². The molecule has 0 radical (unpaired) electrons. The third-order valence-electron chi connectivity index (χ3n) is 5.78. The van der Waals surface area contributed by atoms with Gasteiger partial charge in [0, 0.05) is 51.9 Å². The molecule has 27 heavy (non-hydrogen) atoms. The van der Waals surface area contributed by atoms with Gasteiger partial charge in [0.1, 0.15) is 11.4 Å². The summed E-state index contributed by atoms with van der Waals surface area (Å²) in [7, 11) is 1.68. The number of ether oxygens (including phenoxy) is 1. The molecule has 2 aliphatic heterocycles. The Bertz CT molecular complexity index is 668. The van der Waals surface area contributed by atoms with E-state index in [1.54, 1.807) is 7.05 Å². The average Bonchev–Trinajstić information content (AvgIpc) is 2.68. The second-order valence-corrected chi connectivity index (χ2v) is 7.67. The lowest BCUT2D eigenvalue weighted by atomic mass is 9.76. The van der Waals surface area contributed by atoms with Gasteiger partial charge in [-0.3, -0.25) is 4.79 Å². The van der Waals surface area contributed by atoms with Gasteiger partial charge in [-0.05, 0) is 24.5 Å². The first-order valence-corrected chi connectivity index (χ1v) is 10.1. The molecule has 0 bridgehead atoms. The summed E-state index contributed by atoms with van der Waals surface area (Å²) in [5.74, 6) is 1.10. The normalized spacial score (nSPS) is 20.5. The maximum Gasteiger partial charge on any atom is 0.317 e. The summed E-state index contributed by atoms with van der Waals surface area (Å²) in [6.45, 7) is 4.22. The smallest absolute Gasteiger partial charge is 0.317 e. The van der Waals surface area contributed by atoms with Crippen molar-refractivity contribution >= 4 is 11.9 Å². The van der Waals surface area contributed by atoms with Crippen molar-refractivity contribution in [2.75, 3.05) is 26.7 Å². The standard InChI is InChI=1S/C21H31N3O3/c1-3-4-11-23-20(26)24-12-9-21(10-13-24)15-16(14-19(25)22-2)17-7-5-6-8-18(17)27-21/h5-8,16H,3-4,9-15H2,1-2H3,(H,22,25)(H,23,26)/t16-/m1/s1. The Labute approximate surface area is 161 Å². The molecule has 0 aliphatic carbocycles. The molecule has 2 N–H and O–H groups in total. The number of amides is 3. The van der Waals surface area contributed by atoms with E-state index >= 15 is 0 Å². The van der Waals surface area contributed by atoms with Crippen molar-refractivity contribution in [2.24, 2.45) is 0 Å². The maximum absolute atomic E-state index is 12.3. The van der Waals surface area contributed by atoms with Crippen molar-refractivity contribution in [3.05, 3.63) is 29.8 Å². The van der Waals surface area contributed by atoms with Gasteiger partial charge in [0.05, 0.1) is 0 Å². The number of likely N-dealkylation sites (tertiary alicyclic amines) is 1. The highest BCUT2D eigenvalue weighted by Crippen LogP contribution is 2.46. The van der Waals surface area contributed by atoms with Crippen LogP contribution in [0.4, 0.5) is 4.79 Å². The minimum atomic E-state index is -0.284. The Hall–Kier alpha value is -2.24. The van der Waals surface area contributed by atoms with Crippen molar-refractivity contribution < 1.29 is 14.3 Å². The summed E-state index contributed by atoms with van der Waals surface area (Å²) in [5.41, 5.74) is 0.833. The van der Waals surface area contributed by atoms with Crippen LogP contribution in [-0.4, -0.2) is 49.1 Å². The van der Waals surface area contributed by atoms with Crippen LogP contribution in [0.25, 0.3) is 0 Å². The Morgan fingerprint density at radius 3 is 2.70 bits per heavy atom. The molecule has 1 aromatic rings. The molecule has 1 fully saturated rings. The molecule has 6 heteroatoms. The van der Waals surface area contributed by atoms with Crippen LogP contribution in [0.15, 0.2) is 24.3 Å². The van der Waals surface area contributed by atoms with Gasteiger partial charge in [-0.25, -0.2) is 4.79 Å². The van der Waals surface area contributed by atoms with E-state index in [-0.39, 0.29) is 23.5 Å². The van der Waals surface area contributed by atoms with Crippen molar-refractivity contribution in [2.45, 2.75) is 57.0 Å². The van der Waals surface area contributed by atoms with Crippen LogP contribution in [0, 0.1) is 0 Å². The number of fused-ring (bicyclic) bond motifs is 1. The lowest BCUT2D eigenvalue weighted by molar-refractivity contribution is -0.121. The first kappa shape index (κ1) is 19.5. The number of carbonyl (C=O) groups is 2. The van der Waals surface area contributed by atoms with E-state index in [9.17, 15) is 9.59 Å². The van der Waals surface area contributed by atoms with E-state index in [4.69, 9.17) is 4.74 Å². The first-order valence-electron chi connectivity index (χ1n) is 10.1. The number of nitrogens with zero attached hydrogens (tertiary/aromatic N) is 1. The molecular formula is C21H31N3O3. The lowest BCUT2D eigenvalue weighted by Crippen LogP contribution is -2.53. The largest absolute Gasteiger partial charge is 0.487 e. The molecule has 3 amide bonds. The maximum atomic E-state index is 12.3. The van der Waals surface area contributed by atoms with Gasteiger partial charge in [0.25, 0.3) is 0 Å². The zero-order valence-electron chi connectivity index (χ0n) is 16.4. The molecule has 6 nitrogen and oxygen atoms in total. The summed E-state index contributed by atoms with van der Waals surface area (Å²) in [6.07, 6.45) is 4.97. The summed E-state index contributed by atoms with van der Waals surface area (Å²) in [6, 6.07) is 8.06. The Morgan fingerprint density at radius 1 is 1.26 bits per heavy atom. The Morgan fingerprint density at radius 2 is 2.00 bits per heavy atom. The minimum Gasteiger partial charge on any atom is -0.487 e. The number of unbranched alkanes of at least 4 members (excludes halogenated alkanes) is 1. The number of urea groups is 1. The molecule has 0 aromatic heterocycles. The van der Waals surface area contributed by atoms with E-state index in [1.165, 1.54) is 0 Å². The number of nitrogens with one attached hydrogen (secondary N) is 2. The SMILES string of the molecule is CCCCNC(=O)N1CCC2(CC1)C[C@@H](CC(=O)NC)c1ccccc1O2. The number of piperidine rings is 1. The van der Waals surface area contributed by atoms with Gasteiger partial charge >= 0.3 is 6.03 Å². The number of para-hydroxylation sites is 1. The molecule has 3 rings (SSSR count). The molecule has 1 saturated heterocycles. The van der Waals surface area contributed by atoms with Crippen molar-refractivity contribution in [3.8, 4) is 5.75 Å². The van der Waals surface area contributed by atoms with Gasteiger partial charge in [-0.2, -0.15) is 0 Å². The Balaban J connectivity index is 1.67. The fourth-order valence-electron chi connectivity index (χ4n) is 4.16. The highest BCUT2D eigenvalue weighted by Gasteiger charge is 2.44. The molecule has 0 unspecified atom stereocenters. The van der Waals surface area contributed by atoms with E-state index in [2.05, 4.69) is 23.6 Å². The molecule has 2 aliphatic rings. The number of hydrogen-bond donors (Lipinski definition) is 2. The van der Waals surface area contributed by atoms with Gasteiger partial charge in [0.2, 0.25) is 5.91 Å². The van der Waals surface area contributed by atoms with Crippen LogP contribution in [0.5, 0.6) is 5.75 Å². The molecular weight excluding hydrogens is 342 g/mol. The van der Waals surface area contributed by atoms with Crippen molar-refractivity contribution in [1.29, 1.82) is 0 Å². The molecule has 1 spiro atoms. The van der Waals surface area contributed by atoms with Crippen LogP contribution in [0.3, 0.4) is 0 Å². The third-order valence-corrected chi connectivity index (χ3v) is 5.78. The van der Waals surface area contributed by atoms with Crippen LogP contribution in [-0.2, 0) is 4.79 Å². The average molecular weight is 373 g/mol. The molecule has 2 heterocycles. The van der Waals surface area contributed by atoms with Gasteiger partial charge in [-0.15, -0.1) is 0 Å². The van der Waals surface area contributed by atoms with E-state index in [0.717, 1.165) is 50.0 Å². The molecule has 0 saturated carbocycles. The lowest BCUT2D eigenvalue weighted by Gasteiger charge is -2.46. The zero-order valence-corrected chi connectivity index (χ0v) is 16.4. The van der Waals surface area contributed by atoms with Gasteiger partial charge < -0.3 is 20.3 Å². The minimum absolute atomic E-state index is 0.0245. The van der Waals surface area contributed by atoms with Crippen molar-refractivity contribution in [3.63, 3.8) is 0 Å². The van der Waals surface area contributed by atoms with Crippen LogP contribution in [0.1, 0.15) is 56.9 Å². The third kappa shape index (κ3) is 4.54. The highest BCUT2D eigenvalue weighted by atomic mass is 16.5. The number of benzene rings is 1. The van der Waals surface area contributed by atoms with Gasteiger partial charge in [0.15, 0.2) is 0 Å². The number of hydrogen-bond acceptors (Lipinski definition) is 3. The van der Waals surface area contributed by atoms with E-state index in [0.29, 0.717) is 19.5 Å². The molecule has 148 valence electrons. The predicted octanol–water partition coefficient (Wildman–Crippen LogP) is 3.03. The van der Waals surface area contributed by atoms with Gasteiger partial charge in [-0.1, -0.05) is 31.5 Å².